The number of hydrogen-bond acceptors (Lipinski definition) is 14. The van der Waals surface area contributed by atoms with E-state index in [4.69, 9.17) is 56.8 Å². The summed E-state index contributed by atoms with van der Waals surface area (Å²) in [6.07, 6.45) is 5.47. The molecule has 0 N–H and O–H groups in total. The number of unbranched alkanes of at least 4 members (excludes halogenated alkanes) is 5. The molecular weight excluding hydrogens is 656 g/mol. The van der Waals surface area contributed by atoms with Gasteiger partial charge in [0.05, 0.1) is 26.4 Å². The number of ether oxygens (including phenoxy) is 12. The lowest BCUT2D eigenvalue weighted by Gasteiger charge is -2.44. The highest BCUT2D eigenvalue weighted by atomic mass is 17.0. The highest BCUT2D eigenvalue weighted by Crippen LogP contribution is 2.38. The number of esters is 2. The van der Waals surface area contributed by atoms with E-state index in [-0.39, 0.29) is 91.8 Å². The standard InChI is InChI=1S/C36H70O14/c1-11-21-25-29-47-35(45-19-9,33(39-13-3,40-14-4)41-15-5)49-31(37)27-23-24-28-32(38)50-36(46-20-10,48-30-26-22-12-2)34(42-16-6,43-17-7)44-18-8/h11-30H2,1-10H3. The van der Waals surface area contributed by atoms with Gasteiger partial charge in [-0.15, -0.1) is 0 Å². The molecule has 14 heteroatoms. The molecule has 0 saturated carbocycles. The van der Waals surface area contributed by atoms with Crippen LogP contribution in [-0.4, -0.2) is 102 Å². The Hall–Kier alpha value is -1.46. The summed E-state index contributed by atoms with van der Waals surface area (Å²) in [5, 5.41) is 0. The molecule has 0 rings (SSSR count). The van der Waals surface area contributed by atoms with Crippen molar-refractivity contribution in [3.63, 3.8) is 0 Å². The second kappa shape index (κ2) is 28.1. The quantitative estimate of drug-likeness (QED) is 0.0377. The monoisotopic (exact) mass is 726 g/mol. The van der Waals surface area contributed by atoms with Crippen LogP contribution in [0.1, 0.15) is 133 Å². The summed E-state index contributed by atoms with van der Waals surface area (Å²) in [6.45, 7) is 19.8. The molecule has 2 atom stereocenters. The molecule has 298 valence electrons. The van der Waals surface area contributed by atoms with Crippen molar-refractivity contribution >= 4 is 11.9 Å². The van der Waals surface area contributed by atoms with Crippen LogP contribution in [0, 0.1) is 0 Å². The van der Waals surface area contributed by atoms with Crippen LogP contribution in [0.2, 0.25) is 0 Å². The van der Waals surface area contributed by atoms with Gasteiger partial charge in [-0.2, -0.15) is 0 Å². The number of carbonyl (C=O) groups is 2. The molecular formula is C36H70O14. The maximum absolute atomic E-state index is 13.4. The van der Waals surface area contributed by atoms with Crippen LogP contribution in [0.3, 0.4) is 0 Å². The normalized spacial score (nSPS) is 14.7. The molecule has 50 heavy (non-hydrogen) atoms. The third kappa shape index (κ3) is 15.3. The van der Waals surface area contributed by atoms with E-state index in [0.717, 1.165) is 25.7 Å². The van der Waals surface area contributed by atoms with Crippen molar-refractivity contribution in [2.75, 3.05) is 66.1 Å². The minimum Gasteiger partial charge on any atom is -0.401 e. The van der Waals surface area contributed by atoms with Crippen LogP contribution in [0.15, 0.2) is 0 Å². The van der Waals surface area contributed by atoms with E-state index in [0.29, 0.717) is 12.8 Å². The molecule has 0 spiro atoms. The van der Waals surface area contributed by atoms with Gasteiger partial charge in [0.1, 0.15) is 0 Å². The molecule has 0 aromatic carbocycles. The third-order valence-corrected chi connectivity index (χ3v) is 7.01. The van der Waals surface area contributed by atoms with Crippen LogP contribution >= 0.6 is 0 Å². The molecule has 0 aliphatic carbocycles. The molecule has 0 amide bonds. The number of rotatable bonds is 35. The molecule has 14 nitrogen and oxygen atoms in total. The van der Waals surface area contributed by atoms with Crippen LogP contribution in [0.25, 0.3) is 0 Å². The van der Waals surface area contributed by atoms with E-state index in [1.807, 2.05) is 0 Å². The SMILES string of the molecule is CCCCCOC(OCC)(OC(=O)CCCCC(=O)OC(OCC)(OCCCCC)C(OCC)(OCC)OCC)C(OCC)(OCC)OCC. The van der Waals surface area contributed by atoms with E-state index in [9.17, 15) is 9.59 Å². The maximum atomic E-state index is 13.4. The predicted molar refractivity (Wildman–Crippen MR) is 186 cm³/mol. The van der Waals surface area contributed by atoms with Gasteiger partial charge in [-0.3, -0.25) is 9.59 Å². The van der Waals surface area contributed by atoms with E-state index in [1.54, 1.807) is 55.4 Å². The van der Waals surface area contributed by atoms with E-state index in [1.165, 1.54) is 0 Å². The van der Waals surface area contributed by atoms with Crippen LogP contribution < -0.4 is 0 Å². The Morgan fingerprint density at radius 1 is 0.340 bits per heavy atom. The van der Waals surface area contributed by atoms with Crippen LogP contribution in [0.5, 0.6) is 0 Å². The molecule has 0 fully saturated rings. The Labute approximate surface area is 301 Å². The summed E-state index contributed by atoms with van der Waals surface area (Å²) in [5.41, 5.74) is 0. The molecule has 0 aliphatic heterocycles. The van der Waals surface area contributed by atoms with Gasteiger partial charge in [0.2, 0.25) is 0 Å². The first-order valence-electron chi connectivity index (χ1n) is 18.9. The Kier molecular flexibility index (Phi) is 27.3. The summed E-state index contributed by atoms with van der Waals surface area (Å²) in [7, 11) is 0. The molecule has 0 heterocycles. The third-order valence-electron chi connectivity index (χ3n) is 7.01. The van der Waals surface area contributed by atoms with Crippen molar-refractivity contribution in [1.82, 2.24) is 0 Å². The van der Waals surface area contributed by atoms with Gasteiger partial charge in [-0.05, 0) is 81.1 Å². The molecule has 0 radical (unpaired) electrons. The number of carbonyl (C=O) groups excluding carboxylic acids is 2. The highest BCUT2D eigenvalue weighted by molar-refractivity contribution is 5.71. The summed E-state index contributed by atoms with van der Waals surface area (Å²) in [6, 6.07) is 0. The van der Waals surface area contributed by atoms with Crippen LogP contribution in [0.4, 0.5) is 0 Å². The minimum atomic E-state index is -2.14. The first-order chi connectivity index (χ1) is 24.1. The Balaban J connectivity index is 6.06. The second-order valence-corrected chi connectivity index (χ2v) is 11.0. The lowest BCUT2D eigenvalue weighted by atomic mass is 10.2. The van der Waals surface area contributed by atoms with Crippen LogP contribution in [-0.2, 0) is 66.4 Å². The summed E-state index contributed by atoms with van der Waals surface area (Å²) in [4.78, 5) is 26.8. The Morgan fingerprint density at radius 2 is 0.600 bits per heavy atom. The van der Waals surface area contributed by atoms with Gasteiger partial charge < -0.3 is 56.8 Å². The fourth-order valence-corrected chi connectivity index (χ4v) is 5.04. The Bertz CT molecular complexity index is 757. The maximum Gasteiger partial charge on any atom is 0.416 e. The van der Waals surface area contributed by atoms with Crippen molar-refractivity contribution in [2.24, 2.45) is 0 Å². The molecule has 2 unspecified atom stereocenters. The molecule has 0 aliphatic rings. The van der Waals surface area contributed by atoms with Gasteiger partial charge in [0, 0.05) is 52.5 Å². The van der Waals surface area contributed by atoms with Gasteiger partial charge in [0.25, 0.3) is 0 Å². The largest absolute Gasteiger partial charge is 0.416 e. The van der Waals surface area contributed by atoms with Crippen molar-refractivity contribution in [2.45, 2.75) is 157 Å². The van der Waals surface area contributed by atoms with Gasteiger partial charge in [0.15, 0.2) is 0 Å². The molecule has 0 aromatic rings. The summed E-state index contributed by atoms with van der Waals surface area (Å²) >= 11 is 0. The van der Waals surface area contributed by atoms with E-state index in [2.05, 4.69) is 13.8 Å². The first kappa shape index (κ1) is 48.5. The average Bonchev–Trinajstić information content (AvgIpc) is 3.07. The minimum absolute atomic E-state index is 0.0776. The predicted octanol–water partition coefficient (Wildman–Crippen LogP) is 6.95. The zero-order valence-corrected chi connectivity index (χ0v) is 32.9. The van der Waals surface area contributed by atoms with E-state index >= 15 is 0 Å². The number of hydrogen-bond donors (Lipinski definition) is 0. The van der Waals surface area contributed by atoms with Gasteiger partial charge >= 0.3 is 35.8 Å². The highest BCUT2D eigenvalue weighted by Gasteiger charge is 2.64. The fraction of sp³-hybridized carbons (Fsp3) is 0.944. The van der Waals surface area contributed by atoms with Crippen molar-refractivity contribution in [1.29, 1.82) is 0 Å². The van der Waals surface area contributed by atoms with Gasteiger partial charge in [-0.25, -0.2) is 0 Å². The lowest BCUT2D eigenvalue weighted by Crippen LogP contribution is -2.65. The lowest BCUT2D eigenvalue weighted by molar-refractivity contribution is -0.550. The van der Waals surface area contributed by atoms with Crippen molar-refractivity contribution in [3.8, 4) is 0 Å². The average molecular weight is 727 g/mol. The summed E-state index contributed by atoms with van der Waals surface area (Å²) in [5.74, 6) is -9.53. The topological polar surface area (TPSA) is 145 Å². The smallest absolute Gasteiger partial charge is 0.401 e. The van der Waals surface area contributed by atoms with Gasteiger partial charge in [-0.1, -0.05) is 39.5 Å². The first-order valence-corrected chi connectivity index (χ1v) is 18.9. The fourth-order valence-electron chi connectivity index (χ4n) is 5.04. The van der Waals surface area contributed by atoms with E-state index < -0.39 is 35.8 Å². The molecule has 0 aromatic heterocycles. The zero-order valence-electron chi connectivity index (χ0n) is 32.9. The van der Waals surface area contributed by atoms with Crippen molar-refractivity contribution < 1.29 is 66.4 Å². The Morgan fingerprint density at radius 3 is 0.840 bits per heavy atom. The molecule has 0 saturated heterocycles. The van der Waals surface area contributed by atoms with Crippen molar-refractivity contribution in [3.05, 3.63) is 0 Å². The molecule has 0 bridgehead atoms. The summed E-state index contributed by atoms with van der Waals surface area (Å²) < 4.78 is 71.8. The second-order valence-electron chi connectivity index (χ2n) is 11.0. The zero-order chi connectivity index (χ0) is 37.8.